The van der Waals surface area contributed by atoms with E-state index in [9.17, 15) is 9.90 Å². The summed E-state index contributed by atoms with van der Waals surface area (Å²) in [6.07, 6.45) is 2.26. The SMILES string of the molecule is CCC(=O)N[C@@H]1C[C@@H](c2nc(C)nn2C(C)C)CC[C@H]1O. The standard InChI is InChI=1S/C15H26N4O2/c1-5-14(21)17-12-8-11(6-7-13(12)20)15-16-10(4)18-19(15)9(2)3/h9,11-13,20H,5-8H2,1-4H3,(H,17,21)/t11-,12+,13+/m0/s1. The van der Waals surface area contributed by atoms with Gasteiger partial charge >= 0.3 is 0 Å². The smallest absolute Gasteiger partial charge is 0.220 e. The number of carbonyl (C=O) groups excluding carboxylic acids is 1. The molecule has 1 fully saturated rings. The lowest BCUT2D eigenvalue weighted by molar-refractivity contribution is -0.122. The van der Waals surface area contributed by atoms with Crippen molar-refractivity contribution in [3.8, 4) is 0 Å². The number of nitrogens with zero attached hydrogens (tertiary/aromatic N) is 3. The number of carbonyl (C=O) groups is 1. The van der Waals surface area contributed by atoms with E-state index in [4.69, 9.17) is 0 Å². The summed E-state index contributed by atoms with van der Waals surface area (Å²) in [5.41, 5.74) is 0. The second kappa shape index (κ2) is 6.56. The first-order chi connectivity index (χ1) is 9.92. The monoisotopic (exact) mass is 294 g/mol. The van der Waals surface area contributed by atoms with Crippen LogP contribution >= 0.6 is 0 Å². The van der Waals surface area contributed by atoms with Gasteiger partial charge in [-0.1, -0.05) is 6.92 Å². The molecule has 0 radical (unpaired) electrons. The van der Waals surface area contributed by atoms with Gasteiger partial charge in [-0.25, -0.2) is 9.67 Å². The van der Waals surface area contributed by atoms with Crippen LogP contribution in [0.1, 0.15) is 70.1 Å². The first-order valence-electron chi connectivity index (χ1n) is 7.82. The summed E-state index contributed by atoms with van der Waals surface area (Å²) < 4.78 is 1.97. The van der Waals surface area contributed by atoms with Crippen LogP contribution in [0, 0.1) is 6.92 Å². The van der Waals surface area contributed by atoms with Crippen molar-refractivity contribution in [3.05, 3.63) is 11.6 Å². The molecular formula is C15H26N4O2. The minimum Gasteiger partial charge on any atom is -0.391 e. The molecule has 0 aromatic carbocycles. The van der Waals surface area contributed by atoms with Gasteiger partial charge in [0, 0.05) is 18.4 Å². The van der Waals surface area contributed by atoms with Gasteiger partial charge < -0.3 is 10.4 Å². The van der Waals surface area contributed by atoms with Crippen LogP contribution in [0.15, 0.2) is 0 Å². The average Bonchev–Trinajstić information content (AvgIpc) is 2.83. The Balaban J connectivity index is 2.16. The topological polar surface area (TPSA) is 80.0 Å². The number of hydrogen-bond acceptors (Lipinski definition) is 4. The van der Waals surface area contributed by atoms with Crippen LogP contribution < -0.4 is 5.32 Å². The van der Waals surface area contributed by atoms with Gasteiger partial charge in [0.05, 0.1) is 12.1 Å². The van der Waals surface area contributed by atoms with Crippen LogP contribution in [-0.2, 0) is 4.79 Å². The van der Waals surface area contributed by atoms with Crippen molar-refractivity contribution in [1.82, 2.24) is 20.1 Å². The molecule has 0 bridgehead atoms. The van der Waals surface area contributed by atoms with Crippen molar-refractivity contribution < 1.29 is 9.90 Å². The van der Waals surface area contributed by atoms with E-state index in [2.05, 4.69) is 29.2 Å². The third kappa shape index (κ3) is 3.61. The van der Waals surface area contributed by atoms with E-state index in [0.717, 1.165) is 24.5 Å². The number of hydrogen-bond donors (Lipinski definition) is 2. The Bertz CT molecular complexity index is 498. The highest BCUT2D eigenvalue weighted by atomic mass is 16.3. The Morgan fingerprint density at radius 3 is 2.81 bits per heavy atom. The second-order valence-electron chi connectivity index (χ2n) is 6.16. The first-order valence-corrected chi connectivity index (χ1v) is 7.82. The number of aryl methyl sites for hydroxylation is 1. The largest absolute Gasteiger partial charge is 0.391 e. The van der Waals surface area contributed by atoms with Crippen LogP contribution in [0.4, 0.5) is 0 Å². The van der Waals surface area contributed by atoms with Crippen molar-refractivity contribution in [3.63, 3.8) is 0 Å². The van der Waals surface area contributed by atoms with E-state index >= 15 is 0 Å². The minimum absolute atomic E-state index is 0.0128. The van der Waals surface area contributed by atoms with Crippen molar-refractivity contribution in [1.29, 1.82) is 0 Å². The summed E-state index contributed by atoms with van der Waals surface area (Å²) in [5.74, 6) is 1.98. The molecule has 1 heterocycles. The Hall–Kier alpha value is -1.43. The van der Waals surface area contributed by atoms with Crippen molar-refractivity contribution in [2.24, 2.45) is 0 Å². The zero-order chi connectivity index (χ0) is 15.6. The van der Waals surface area contributed by atoms with Crippen LogP contribution in [0.5, 0.6) is 0 Å². The maximum absolute atomic E-state index is 11.6. The highest BCUT2D eigenvalue weighted by Gasteiger charge is 2.33. The normalized spacial score (nSPS) is 26.1. The molecule has 0 unspecified atom stereocenters. The molecule has 0 aliphatic heterocycles. The van der Waals surface area contributed by atoms with Crippen molar-refractivity contribution >= 4 is 5.91 Å². The molecule has 118 valence electrons. The molecule has 1 aromatic rings. The third-order valence-corrected chi connectivity index (χ3v) is 4.10. The van der Waals surface area contributed by atoms with Gasteiger partial charge in [-0.05, 0) is 40.0 Å². The highest BCUT2D eigenvalue weighted by molar-refractivity contribution is 5.75. The summed E-state index contributed by atoms with van der Waals surface area (Å²) in [7, 11) is 0. The number of nitrogens with one attached hydrogen (secondary N) is 1. The Labute approximate surface area is 126 Å². The molecule has 0 spiro atoms. The van der Waals surface area contributed by atoms with E-state index in [1.165, 1.54) is 0 Å². The highest BCUT2D eigenvalue weighted by Crippen LogP contribution is 2.33. The second-order valence-corrected chi connectivity index (χ2v) is 6.16. The first kappa shape index (κ1) is 15.9. The summed E-state index contributed by atoms with van der Waals surface area (Å²) in [4.78, 5) is 16.2. The summed E-state index contributed by atoms with van der Waals surface area (Å²) >= 11 is 0. The number of rotatable bonds is 4. The minimum atomic E-state index is -0.465. The fourth-order valence-corrected chi connectivity index (χ4v) is 2.96. The fraction of sp³-hybridized carbons (Fsp3) is 0.800. The van der Waals surface area contributed by atoms with Gasteiger partial charge in [0.25, 0.3) is 0 Å². The Kier molecular flexibility index (Phi) is 4.98. The zero-order valence-corrected chi connectivity index (χ0v) is 13.3. The molecule has 2 rings (SSSR count). The molecule has 2 N–H and O–H groups in total. The lowest BCUT2D eigenvalue weighted by Crippen LogP contribution is -2.46. The summed E-state index contributed by atoms with van der Waals surface area (Å²) in [5, 5.41) is 17.5. The van der Waals surface area contributed by atoms with Gasteiger partial charge in [0.2, 0.25) is 5.91 Å². The molecule has 6 heteroatoms. The maximum Gasteiger partial charge on any atom is 0.220 e. The number of aromatic nitrogens is 3. The van der Waals surface area contributed by atoms with E-state index < -0.39 is 6.10 Å². The maximum atomic E-state index is 11.6. The van der Waals surface area contributed by atoms with E-state index in [0.29, 0.717) is 12.8 Å². The molecule has 0 saturated heterocycles. The summed E-state index contributed by atoms with van der Waals surface area (Å²) in [6, 6.07) is 0.0746. The van der Waals surface area contributed by atoms with E-state index in [1.807, 2.05) is 18.5 Å². The van der Waals surface area contributed by atoms with Crippen molar-refractivity contribution in [2.75, 3.05) is 0 Å². The van der Waals surface area contributed by atoms with Crippen LogP contribution in [-0.4, -0.2) is 37.9 Å². The van der Waals surface area contributed by atoms with E-state index in [-0.39, 0.29) is 23.9 Å². The Morgan fingerprint density at radius 2 is 2.19 bits per heavy atom. The molecule has 1 aliphatic carbocycles. The van der Waals surface area contributed by atoms with Gasteiger partial charge in [0.15, 0.2) is 0 Å². The number of amides is 1. The number of aliphatic hydroxyl groups excluding tert-OH is 1. The van der Waals surface area contributed by atoms with Crippen LogP contribution in [0.3, 0.4) is 0 Å². The average molecular weight is 294 g/mol. The van der Waals surface area contributed by atoms with Crippen molar-refractivity contribution in [2.45, 2.75) is 77.5 Å². The molecule has 21 heavy (non-hydrogen) atoms. The van der Waals surface area contributed by atoms with Crippen LogP contribution in [0.25, 0.3) is 0 Å². The molecule has 1 saturated carbocycles. The Morgan fingerprint density at radius 1 is 1.48 bits per heavy atom. The lowest BCUT2D eigenvalue weighted by atomic mass is 9.83. The van der Waals surface area contributed by atoms with Gasteiger partial charge in [-0.3, -0.25) is 4.79 Å². The number of aliphatic hydroxyl groups is 1. The molecule has 1 aromatic heterocycles. The van der Waals surface area contributed by atoms with E-state index in [1.54, 1.807) is 0 Å². The molecule has 6 nitrogen and oxygen atoms in total. The van der Waals surface area contributed by atoms with Crippen LogP contribution in [0.2, 0.25) is 0 Å². The quantitative estimate of drug-likeness (QED) is 0.885. The fourth-order valence-electron chi connectivity index (χ4n) is 2.96. The molecule has 3 atom stereocenters. The zero-order valence-electron chi connectivity index (χ0n) is 13.3. The molecule has 1 aliphatic rings. The molecular weight excluding hydrogens is 268 g/mol. The molecule has 1 amide bonds. The van der Waals surface area contributed by atoms with Gasteiger partial charge in [-0.15, -0.1) is 0 Å². The van der Waals surface area contributed by atoms with Gasteiger partial charge in [0.1, 0.15) is 11.6 Å². The third-order valence-electron chi connectivity index (χ3n) is 4.10. The summed E-state index contributed by atoms with van der Waals surface area (Å²) in [6.45, 7) is 7.90. The predicted molar refractivity (Wildman–Crippen MR) is 80.0 cm³/mol. The lowest BCUT2D eigenvalue weighted by Gasteiger charge is -2.33. The van der Waals surface area contributed by atoms with Gasteiger partial charge in [-0.2, -0.15) is 5.10 Å². The predicted octanol–water partition coefficient (Wildman–Crippen LogP) is 1.69.